The number of nitrogens with one attached hydrogen (secondary N) is 1. The minimum atomic E-state index is -0.277. The Morgan fingerprint density at radius 3 is 2.61 bits per heavy atom. The molecule has 0 unspecified atom stereocenters. The summed E-state index contributed by atoms with van der Waals surface area (Å²) in [7, 11) is 0. The Balaban J connectivity index is 1.72. The molecule has 8 heteroatoms. The monoisotopic (exact) mass is 453 g/mol. The molecule has 2 aliphatic heterocycles. The van der Waals surface area contributed by atoms with Crippen LogP contribution in [0.25, 0.3) is 0 Å². The number of nitrogens with zero attached hydrogens (tertiary/aromatic N) is 4. The number of fused-ring (bicyclic) bond motifs is 1. The maximum atomic E-state index is 13.1. The lowest BCUT2D eigenvalue weighted by Crippen LogP contribution is -2.57. The van der Waals surface area contributed by atoms with E-state index >= 15 is 0 Å². The number of pyridine rings is 1. The minimum Gasteiger partial charge on any atom is -0.451 e. The van der Waals surface area contributed by atoms with Gasteiger partial charge in [0.25, 0.3) is 5.91 Å². The van der Waals surface area contributed by atoms with Crippen LogP contribution >= 0.6 is 0 Å². The van der Waals surface area contributed by atoms with E-state index in [2.05, 4.69) is 51.4 Å². The Labute approximate surface area is 195 Å². The van der Waals surface area contributed by atoms with Gasteiger partial charge in [-0.3, -0.25) is 4.79 Å². The van der Waals surface area contributed by atoms with Crippen LogP contribution in [0.1, 0.15) is 80.3 Å². The van der Waals surface area contributed by atoms with Gasteiger partial charge in [0.1, 0.15) is 12.1 Å². The number of hydrogen-bond acceptors (Lipinski definition) is 7. The summed E-state index contributed by atoms with van der Waals surface area (Å²) in [6.45, 7) is 15.2. The second-order valence-corrected chi connectivity index (χ2v) is 10.3. The van der Waals surface area contributed by atoms with Gasteiger partial charge in [-0.1, -0.05) is 27.7 Å². The van der Waals surface area contributed by atoms with Gasteiger partial charge in [-0.2, -0.15) is 0 Å². The van der Waals surface area contributed by atoms with Gasteiger partial charge < -0.3 is 24.4 Å². The summed E-state index contributed by atoms with van der Waals surface area (Å²) in [6, 6.07) is 0.00152. The predicted molar refractivity (Wildman–Crippen MR) is 127 cm³/mol. The van der Waals surface area contributed by atoms with Gasteiger partial charge in [-0.25, -0.2) is 9.97 Å². The third-order valence-electron chi connectivity index (χ3n) is 6.77. The van der Waals surface area contributed by atoms with Gasteiger partial charge in [-0.15, -0.1) is 0 Å². The number of hydrogen-bond donors (Lipinski definition) is 1. The number of oxazole rings is 1. The molecule has 4 heterocycles. The van der Waals surface area contributed by atoms with Gasteiger partial charge >= 0.3 is 0 Å². The second kappa shape index (κ2) is 8.89. The van der Waals surface area contributed by atoms with Crippen molar-refractivity contribution in [1.82, 2.24) is 14.9 Å². The van der Waals surface area contributed by atoms with Crippen molar-refractivity contribution in [3.63, 3.8) is 0 Å². The molecule has 1 amide bonds. The fourth-order valence-corrected chi connectivity index (χ4v) is 4.96. The number of ether oxygens (including phenoxy) is 1. The standard InChI is InChI=1S/C25H35N5O3/c1-15(2)21-11-29(7-8-30(21)24(31)20-13-32-14-27-20)23-18(10-26)17-9-25(5,6)33-12-19(17)22(28-23)16(3)4/h10,13-16,21,26H,7-9,11-12H2,1-6H3/t21-/m0/s1. The normalized spacial score (nSPS) is 20.3. The van der Waals surface area contributed by atoms with Crippen molar-refractivity contribution in [3.05, 3.63) is 40.7 Å². The van der Waals surface area contributed by atoms with Crippen molar-refractivity contribution < 1.29 is 13.9 Å². The highest BCUT2D eigenvalue weighted by molar-refractivity contribution is 5.92. The van der Waals surface area contributed by atoms with Crippen molar-refractivity contribution >= 4 is 17.9 Å². The highest BCUT2D eigenvalue weighted by Gasteiger charge is 2.37. The fourth-order valence-electron chi connectivity index (χ4n) is 4.96. The van der Waals surface area contributed by atoms with Crippen LogP contribution in [0.15, 0.2) is 17.1 Å². The molecular formula is C25H35N5O3. The first-order chi connectivity index (χ1) is 15.6. The zero-order chi connectivity index (χ0) is 23.9. The highest BCUT2D eigenvalue weighted by atomic mass is 16.5. The first-order valence-electron chi connectivity index (χ1n) is 11.8. The lowest BCUT2D eigenvalue weighted by atomic mass is 9.86. The average molecular weight is 454 g/mol. The maximum Gasteiger partial charge on any atom is 0.276 e. The maximum absolute atomic E-state index is 13.1. The van der Waals surface area contributed by atoms with Crippen molar-refractivity contribution in [2.75, 3.05) is 24.5 Å². The molecule has 8 nitrogen and oxygen atoms in total. The van der Waals surface area contributed by atoms with E-state index in [9.17, 15) is 4.79 Å². The zero-order valence-corrected chi connectivity index (χ0v) is 20.5. The van der Waals surface area contributed by atoms with Crippen LogP contribution in [0.4, 0.5) is 5.82 Å². The third-order valence-corrected chi connectivity index (χ3v) is 6.77. The topological polar surface area (TPSA) is 95.6 Å². The molecule has 2 aromatic rings. The Morgan fingerprint density at radius 1 is 1.24 bits per heavy atom. The Bertz CT molecular complexity index is 1030. The first-order valence-corrected chi connectivity index (χ1v) is 11.8. The number of piperazine rings is 1. The number of anilines is 1. The van der Waals surface area contributed by atoms with Crippen molar-refractivity contribution in [1.29, 1.82) is 5.41 Å². The van der Waals surface area contributed by atoms with Gasteiger partial charge in [0.15, 0.2) is 12.1 Å². The molecule has 0 spiro atoms. The van der Waals surface area contributed by atoms with E-state index in [1.165, 1.54) is 24.4 Å². The number of aromatic nitrogens is 2. The Hall–Kier alpha value is -2.74. The molecule has 1 atom stereocenters. The molecule has 1 saturated heterocycles. The van der Waals surface area contributed by atoms with Crippen molar-refractivity contribution in [2.45, 2.75) is 72.1 Å². The first kappa shape index (κ1) is 23.4. The zero-order valence-electron chi connectivity index (χ0n) is 20.5. The predicted octanol–water partition coefficient (Wildman–Crippen LogP) is 4.03. The van der Waals surface area contributed by atoms with E-state index < -0.39 is 0 Å². The van der Waals surface area contributed by atoms with Crippen LogP contribution in [0.2, 0.25) is 0 Å². The molecule has 0 saturated carbocycles. The summed E-state index contributed by atoms with van der Waals surface area (Å²) in [4.78, 5) is 26.4. The molecule has 1 N–H and O–H groups in total. The minimum absolute atomic E-state index is 0.00152. The summed E-state index contributed by atoms with van der Waals surface area (Å²) >= 11 is 0. The van der Waals surface area contributed by atoms with Gasteiger partial charge in [0, 0.05) is 43.4 Å². The van der Waals surface area contributed by atoms with E-state index in [-0.39, 0.29) is 29.4 Å². The summed E-state index contributed by atoms with van der Waals surface area (Å²) in [5.41, 5.74) is 4.29. The molecule has 2 aliphatic rings. The Kier molecular flexibility index (Phi) is 6.31. The molecule has 2 aromatic heterocycles. The largest absolute Gasteiger partial charge is 0.451 e. The van der Waals surface area contributed by atoms with E-state index in [0.717, 1.165) is 29.1 Å². The van der Waals surface area contributed by atoms with Gasteiger partial charge in [0.2, 0.25) is 0 Å². The fraction of sp³-hybridized carbons (Fsp3) is 0.600. The van der Waals surface area contributed by atoms with E-state index in [4.69, 9.17) is 19.5 Å². The van der Waals surface area contributed by atoms with Crippen molar-refractivity contribution in [3.8, 4) is 0 Å². The Morgan fingerprint density at radius 2 is 2.00 bits per heavy atom. The van der Waals surface area contributed by atoms with Crippen LogP contribution in [-0.4, -0.2) is 58.3 Å². The summed E-state index contributed by atoms with van der Waals surface area (Å²) in [5, 5.41) is 8.27. The molecule has 0 aromatic carbocycles. The van der Waals surface area contributed by atoms with Crippen LogP contribution in [0, 0.1) is 11.3 Å². The molecule has 0 aliphatic carbocycles. The second-order valence-electron chi connectivity index (χ2n) is 10.3. The number of carbonyl (C=O) groups excluding carboxylic acids is 1. The molecule has 0 radical (unpaired) electrons. The lowest BCUT2D eigenvalue weighted by Gasteiger charge is -2.44. The van der Waals surface area contributed by atoms with E-state index in [1.807, 2.05) is 4.90 Å². The summed E-state index contributed by atoms with van der Waals surface area (Å²) < 4.78 is 11.1. The average Bonchev–Trinajstić information content (AvgIpc) is 3.31. The smallest absolute Gasteiger partial charge is 0.276 e. The van der Waals surface area contributed by atoms with Crippen LogP contribution < -0.4 is 4.90 Å². The van der Waals surface area contributed by atoms with Gasteiger partial charge in [0.05, 0.1) is 23.9 Å². The van der Waals surface area contributed by atoms with Crippen LogP contribution in [0.5, 0.6) is 0 Å². The van der Waals surface area contributed by atoms with Crippen LogP contribution in [-0.2, 0) is 17.8 Å². The molecule has 1 fully saturated rings. The highest BCUT2D eigenvalue weighted by Crippen LogP contribution is 2.38. The number of amides is 1. The molecule has 0 bridgehead atoms. The lowest BCUT2D eigenvalue weighted by molar-refractivity contribution is -0.0407. The quantitative estimate of drug-likeness (QED) is 0.687. The number of carbonyl (C=O) groups is 1. The molecule has 178 valence electrons. The van der Waals surface area contributed by atoms with Gasteiger partial charge in [-0.05, 0) is 31.2 Å². The SMILES string of the molecule is CC(C)c1nc(N2CCN(C(=O)c3cocn3)[C@H](C(C)C)C2)c(C=N)c2c1COC(C)(C)C2. The third kappa shape index (κ3) is 4.40. The number of rotatable bonds is 5. The van der Waals surface area contributed by atoms with E-state index in [0.29, 0.717) is 31.9 Å². The molecule has 4 rings (SSSR count). The molecular weight excluding hydrogens is 418 g/mol. The summed E-state index contributed by atoms with van der Waals surface area (Å²) in [5.74, 6) is 1.25. The van der Waals surface area contributed by atoms with E-state index in [1.54, 1.807) is 0 Å². The molecule has 33 heavy (non-hydrogen) atoms. The van der Waals surface area contributed by atoms with Crippen molar-refractivity contribution in [2.24, 2.45) is 5.92 Å². The van der Waals surface area contributed by atoms with Crippen LogP contribution in [0.3, 0.4) is 0 Å². The summed E-state index contributed by atoms with van der Waals surface area (Å²) in [6.07, 6.45) is 4.90.